The molecule has 1 unspecified atom stereocenters. The van der Waals surface area contributed by atoms with Crippen LogP contribution < -0.4 is 10.6 Å². The second kappa shape index (κ2) is 6.92. The maximum Gasteiger partial charge on any atom is 0.274 e. The van der Waals surface area contributed by atoms with Crippen molar-refractivity contribution in [3.05, 3.63) is 83.7 Å². The fraction of sp³-hybridized carbons (Fsp3) is 0.150. The molecule has 0 radical (unpaired) electrons. The zero-order valence-electron chi connectivity index (χ0n) is 13.9. The molecule has 0 bridgehead atoms. The van der Waals surface area contributed by atoms with E-state index in [4.69, 9.17) is 0 Å². The van der Waals surface area contributed by atoms with Gasteiger partial charge in [0.25, 0.3) is 5.91 Å². The molecule has 4 rings (SSSR count). The summed E-state index contributed by atoms with van der Waals surface area (Å²) >= 11 is 0. The van der Waals surface area contributed by atoms with Gasteiger partial charge >= 0.3 is 0 Å². The van der Waals surface area contributed by atoms with Crippen molar-refractivity contribution in [3.8, 4) is 0 Å². The van der Waals surface area contributed by atoms with E-state index in [1.807, 2.05) is 18.2 Å². The van der Waals surface area contributed by atoms with E-state index in [-0.39, 0.29) is 23.5 Å². The lowest BCUT2D eigenvalue weighted by Gasteiger charge is -2.26. The summed E-state index contributed by atoms with van der Waals surface area (Å²) in [5.74, 6) is -0.701. The van der Waals surface area contributed by atoms with E-state index in [2.05, 4.69) is 26.7 Å². The number of amides is 1. The summed E-state index contributed by atoms with van der Waals surface area (Å²) in [6.45, 7) is 0. The molecule has 3 aromatic rings. The van der Waals surface area contributed by atoms with Crippen LogP contribution in [-0.2, 0) is 6.42 Å². The molecule has 0 fully saturated rings. The lowest BCUT2D eigenvalue weighted by molar-refractivity contribution is 0.102. The van der Waals surface area contributed by atoms with Crippen molar-refractivity contribution >= 4 is 17.3 Å². The van der Waals surface area contributed by atoms with Gasteiger partial charge in [0.2, 0.25) is 0 Å². The molecule has 2 N–H and O–H groups in total. The first-order valence-corrected chi connectivity index (χ1v) is 8.42. The number of nitrogens with one attached hydrogen (secondary N) is 2. The number of anilines is 2. The fourth-order valence-electron chi connectivity index (χ4n) is 3.08. The number of nitrogens with zero attached hydrogens (tertiary/aromatic N) is 2. The van der Waals surface area contributed by atoms with Crippen LogP contribution in [0.15, 0.2) is 60.9 Å². The van der Waals surface area contributed by atoms with Crippen molar-refractivity contribution in [1.29, 1.82) is 0 Å². The highest BCUT2D eigenvalue weighted by atomic mass is 19.1. The van der Waals surface area contributed by atoms with Crippen molar-refractivity contribution in [2.24, 2.45) is 0 Å². The smallest absolute Gasteiger partial charge is 0.274 e. The Morgan fingerprint density at radius 3 is 2.77 bits per heavy atom. The maximum absolute atomic E-state index is 13.0. The summed E-state index contributed by atoms with van der Waals surface area (Å²) in [6.07, 6.45) is 3.25. The Kier molecular flexibility index (Phi) is 4.31. The number of para-hydroxylation sites is 1. The number of aromatic nitrogens is 2. The van der Waals surface area contributed by atoms with Gasteiger partial charge in [-0.15, -0.1) is 0 Å². The van der Waals surface area contributed by atoms with Gasteiger partial charge in [-0.25, -0.2) is 14.4 Å². The van der Waals surface area contributed by atoms with E-state index >= 15 is 0 Å². The summed E-state index contributed by atoms with van der Waals surface area (Å²) in [5, 5.41) is 6.19. The topological polar surface area (TPSA) is 66.9 Å². The van der Waals surface area contributed by atoms with Gasteiger partial charge in [-0.05, 0) is 54.8 Å². The predicted molar refractivity (Wildman–Crippen MR) is 97.5 cm³/mol. The van der Waals surface area contributed by atoms with E-state index in [0.717, 1.165) is 24.2 Å². The Morgan fingerprint density at radius 2 is 1.92 bits per heavy atom. The largest absolute Gasteiger partial charge is 0.376 e. The Hall–Kier alpha value is -3.28. The molecule has 2 aromatic carbocycles. The molecule has 1 atom stereocenters. The summed E-state index contributed by atoms with van der Waals surface area (Å²) in [6, 6.07) is 15.5. The number of rotatable bonds is 3. The average Bonchev–Trinajstić information content (AvgIpc) is 2.69. The number of benzene rings is 2. The standard InChI is InChI=1S/C20H17FN4O/c21-14-6-8-15(9-7-14)24-20(26)19-11-18(22-12-23-19)17-10-5-13-3-1-2-4-16(13)25-17/h1-4,6-9,11-12,17,25H,5,10H2,(H,24,26). The Bertz CT molecular complexity index is 943. The minimum Gasteiger partial charge on any atom is -0.376 e. The lowest BCUT2D eigenvalue weighted by Crippen LogP contribution is -2.21. The molecular formula is C20H17FN4O. The van der Waals surface area contributed by atoms with Crippen LogP contribution in [0, 0.1) is 5.82 Å². The monoisotopic (exact) mass is 348 g/mol. The second-order valence-corrected chi connectivity index (χ2v) is 6.18. The van der Waals surface area contributed by atoms with Crippen LogP contribution in [0.25, 0.3) is 0 Å². The highest BCUT2D eigenvalue weighted by molar-refractivity contribution is 6.02. The molecule has 5 nitrogen and oxygen atoms in total. The number of halogens is 1. The first-order valence-electron chi connectivity index (χ1n) is 8.42. The molecule has 130 valence electrons. The first-order chi connectivity index (χ1) is 12.7. The first kappa shape index (κ1) is 16.2. The molecule has 0 saturated carbocycles. The SMILES string of the molecule is O=C(Nc1ccc(F)cc1)c1cc(C2CCc3ccccc3N2)ncn1. The van der Waals surface area contributed by atoms with Crippen LogP contribution in [0.3, 0.4) is 0 Å². The van der Waals surface area contributed by atoms with Crippen molar-refractivity contribution in [3.63, 3.8) is 0 Å². The van der Waals surface area contributed by atoms with Crippen LogP contribution >= 0.6 is 0 Å². The zero-order chi connectivity index (χ0) is 17.9. The number of fused-ring (bicyclic) bond motifs is 1. The normalized spacial score (nSPS) is 15.7. The number of carbonyl (C=O) groups is 1. The van der Waals surface area contributed by atoms with Crippen LogP contribution in [-0.4, -0.2) is 15.9 Å². The molecule has 1 aliphatic heterocycles. The van der Waals surface area contributed by atoms with Crippen LogP contribution in [0.1, 0.15) is 34.2 Å². The number of hydrogen-bond donors (Lipinski definition) is 2. The molecule has 0 spiro atoms. The van der Waals surface area contributed by atoms with Gasteiger partial charge in [0, 0.05) is 11.4 Å². The van der Waals surface area contributed by atoms with Crippen molar-refractivity contribution in [2.75, 3.05) is 10.6 Å². The second-order valence-electron chi connectivity index (χ2n) is 6.18. The lowest BCUT2D eigenvalue weighted by atomic mass is 9.96. The summed E-state index contributed by atoms with van der Waals surface area (Å²) in [7, 11) is 0. The number of carbonyl (C=O) groups excluding carboxylic acids is 1. The van der Waals surface area contributed by atoms with E-state index in [0.29, 0.717) is 5.69 Å². The predicted octanol–water partition coefficient (Wildman–Crippen LogP) is 3.97. The molecular weight excluding hydrogens is 331 g/mol. The van der Waals surface area contributed by atoms with Crippen LogP contribution in [0.2, 0.25) is 0 Å². The zero-order valence-corrected chi connectivity index (χ0v) is 13.9. The highest BCUT2D eigenvalue weighted by Gasteiger charge is 2.21. The molecule has 26 heavy (non-hydrogen) atoms. The summed E-state index contributed by atoms with van der Waals surface area (Å²) in [4.78, 5) is 20.8. The third-order valence-electron chi connectivity index (χ3n) is 4.43. The van der Waals surface area contributed by atoms with E-state index in [1.165, 1.54) is 36.2 Å². The molecule has 1 amide bonds. The van der Waals surface area contributed by atoms with Crippen LogP contribution in [0.5, 0.6) is 0 Å². The molecule has 0 aliphatic carbocycles. The number of aryl methyl sites for hydroxylation is 1. The minimum absolute atomic E-state index is 0.0327. The fourth-order valence-corrected chi connectivity index (χ4v) is 3.08. The van der Waals surface area contributed by atoms with Gasteiger partial charge in [0.05, 0.1) is 11.7 Å². The Labute approximate surface area is 150 Å². The van der Waals surface area contributed by atoms with Crippen molar-refractivity contribution < 1.29 is 9.18 Å². The molecule has 1 aromatic heterocycles. The van der Waals surface area contributed by atoms with Gasteiger partial charge in [-0.1, -0.05) is 18.2 Å². The van der Waals surface area contributed by atoms with Gasteiger partial charge in [-0.3, -0.25) is 4.79 Å². The molecule has 0 saturated heterocycles. The third kappa shape index (κ3) is 3.39. The quantitative estimate of drug-likeness (QED) is 0.752. The van der Waals surface area contributed by atoms with Gasteiger partial charge in [0.1, 0.15) is 17.8 Å². The van der Waals surface area contributed by atoms with Gasteiger partial charge < -0.3 is 10.6 Å². The van der Waals surface area contributed by atoms with E-state index in [1.54, 1.807) is 6.07 Å². The molecule has 1 aliphatic rings. The average molecular weight is 348 g/mol. The molecule has 2 heterocycles. The minimum atomic E-state index is -0.351. The van der Waals surface area contributed by atoms with Crippen molar-refractivity contribution in [1.82, 2.24) is 9.97 Å². The van der Waals surface area contributed by atoms with E-state index in [9.17, 15) is 9.18 Å². The third-order valence-corrected chi connectivity index (χ3v) is 4.43. The van der Waals surface area contributed by atoms with Gasteiger partial charge in [0.15, 0.2) is 0 Å². The van der Waals surface area contributed by atoms with E-state index < -0.39 is 0 Å². The Balaban J connectivity index is 1.51. The van der Waals surface area contributed by atoms with Crippen molar-refractivity contribution in [2.45, 2.75) is 18.9 Å². The maximum atomic E-state index is 13.0. The Morgan fingerprint density at radius 1 is 1.12 bits per heavy atom. The highest BCUT2D eigenvalue weighted by Crippen LogP contribution is 2.31. The summed E-state index contributed by atoms with van der Waals surface area (Å²) in [5.41, 5.74) is 3.95. The summed E-state index contributed by atoms with van der Waals surface area (Å²) < 4.78 is 13.0. The molecule has 6 heteroatoms. The van der Waals surface area contributed by atoms with Gasteiger partial charge in [-0.2, -0.15) is 0 Å². The van der Waals surface area contributed by atoms with Crippen LogP contribution in [0.4, 0.5) is 15.8 Å². The number of hydrogen-bond acceptors (Lipinski definition) is 4.